The van der Waals surface area contributed by atoms with Crippen LogP contribution in [0.2, 0.25) is 0 Å². The van der Waals surface area contributed by atoms with E-state index in [1.54, 1.807) is 0 Å². The monoisotopic (exact) mass is 168 g/mol. The third kappa shape index (κ3) is 0.891. The Kier molecular flexibility index (Phi) is 1.76. The lowest BCUT2D eigenvalue weighted by atomic mass is 9.57. The van der Waals surface area contributed by atoms with E-state index in [-0.39, 0.29) is 5.60 Å². The maximum atomic E-state index is 5.82. The van der Waals surface area contributed by atoms with Crippen molar-refractivity contribution in [3.63, 3.8) is 0 Å². The van der Waals surface area contributed by atoms with E-state index < -0.39 is 0 Å². The number of hydrogen-bond acceptors (Lipinski definition) is 1. The van der Waals surface area contributed by atoms with Crippen molar-refractivity contribution in [3.8, 4) is 0 Å². The summed E-state index contributed by atoms with van der Waals surface area (Å²) in [6.45, 7) is 6.77. The molecule has 1 unspecified atom stereocenters. The van der Waals surface area contributed by atoms with Crippen LogP contribution in [0.25, 0.3) is 0 Å². The Labute approximate surface area is 75.5 Å². The summed E-state index contributed by atoms with van der Waals surface area (Å²) in [5.41, 5.74) is 0.693. The quantitative estimate of drug-likeness (QED) is 0.540. The number of rotatable bonds is 0. The molecule has 70 valence electrons. The molecular weight excluding hydrogens is 148 g/mol. The SMILES string of the molecule is CC1OC(C)(C)C12CCCCC2. The average molecular weight is 168 g/mol. The fraction of sp³-hybridized carbons (Fsp3) is 1.00. The Hall–Kier alpha value is -0.0400. The van der Waals surface area contributed by atoms with Gasteiger partial charge in [-0.3, -0.25) is 0 Å². The Morgan fingerprint density at radius 2 is 1.67 bits per heavy atom. The van der Waals surface area contributed by atoms with Crippen LogP contribution < -0.4 is 0 Å². The van der Waals surface area contributed by atoms with Gasteiger partial charge in [-0.2, -0.15) is 0 Å². The van der Waals surface area contributed by atoms with E-state index in [4.69, 9.17) is 4.74 Å². The lowest BCUT2D eigenvalue weighted by molar-refractivity contribution is -0.308. The van der Waals surface area contributed by atoms with Gasteiger partial charge in [0.05, 0.1) is 11.7 Å². The second kappa shape index (κ2) is 2.47. The molecule has 1 nitrogen and oxygen atoms in total. The second-order valence-electron chi connectivity index (χ2n) is 4.99. The van der Waals surface area contributed by atoms with Crippen molar-refractivity contribution >= 4 is 0 Å². The van der Waals surface area contributed by atoms with Crippen LogP contribution in [0.15, 0.2) is 0 Å². The normalized spacial score (nSPS) is 37.8. The van der Waals surface area contributed by atoms with Crippen molar-refractivity contribution in [2.45, 2.75) is 64.6 Å². The van der Waals surface area contributed by atoms with Gasteiger partial charge < -0.3 is 4.74 Å². The van der Waals surface area contributed by atoms with Crippen LogP contribution in [0.3, 0.4) is 0 Å². The van der Waals surface area contributed by atoms with Gasteiger partial charge in [0.2, 0.25) is 0 Å². The summed E-state index contributed by atoms with van der Waals surface area (Å²) in [6.07, 6.45) is 7.55. The van der Waals surface area contributed by atoms with Crippen LogP contribution in [-0.4, -0.2) is 11.7 Å². The summed E-state index contributed by atoms with van der Waals surface area (Å²) >= 11 is 0. The molecule has 0 radical (unpaired) electrons. The first-order valence-corrected chi connectivity index (χ1v) is 5.26. The van der Waals surface area contributed by atoms with E-state index in [1.807, 2.05) is 0 Å². The molecule has 1 saturated carbocycles. The van der Waals surface area contributed by atoms with Gasteiger partial charge in [-0.05, 0) is 33.6 Å². The smallest absolute Gasteiger partial charge is 0.0711 e. The highest BCUT2D eigenvalue weighted by molar-refractivity contribution is 5.07. The van der Waals surface area contributed by atoms with E-state index >= 15 is 0 Å². The van der Waals surface area contributed by atoms with Crippen LogP contribution in [-0.2, 0) is 4.74 Å². The van der Waals surface area contributed by atoms with E-state index in [0.29, 0.717) is 11.5 Å². The molecule has 2 aliphatic rings. The first kappa shape index (κ1) is 8.55. The summed E-state index contributed by atoms with van der Waals surface area (Å²) in [5.74, 6) is 0. The molecule has 0 amide bonds. The molecule has 1 aliphatic heterocycles. The van der Waals surface area contributed by atoms with Gasteiger partial charge in [0.25, 0.3) is 0 Å². The molecule has 0 N–H and O–H groups in total. The zero-order chi connectivity index (χ0) is 8.82. The van der Waals surface area contributed by atoms with Crippen molar-refractivity contribution in [1.82, 2.24) is 0 Å². The largest absolute Gasteiger partial charge is 0.371 e. The van der Waals surface area contributed by atoms with Gasteiger partial charge in [-0.1, -0.05) is 19.3 Å². The maximum absolute atomic E-state index is 5.82. The van der Waals surface area contributed by atoms with Crippen molar-refractivity contribution in [3.05, 3.63) is 0 Å². The van der Waals surface area contributed by atoms with E-state index in [0.717, 1.165) is 0 Å². The highest BCUT2D eigenvalue weighted by Crippen LogP contribution is 2.57. The molecule has 0 aromatic rings. The molecule has 1 saturated heterocycles. The molecule has 0 aromatic heterocycles. The Balaban J connectivity index is 2.16. The van der Waals surface area contributed by atoms with Crippen molar-refractivity contribution in [2.24, 2.45) is 5.41 Å². The van der Waals surface area contributed by atoms with Gasteiger partial charge in [0.1, 0.15) is 0 Å². The third-order valence-corrected chi connectivity index (χ3v) is 4.19. The van der Waals surface area contributed by atoms with Crippen molar-refractivity contribution in [1.29, 1.82) is 0 Å². The van der Waals surface area contributed by atoms with Gasteiger partial charge >= 0.3 is 0 Å². The zero-order valence-electron chi connectivity index (χ0n) is 8.52. The van der Waals surface area contributed by atoms with Gasteiger partial charge in [-0.15, -0.1) is 0 Å². The summed E-state index contributed by atoms with van der Waals surface area (Å²) < 4.78 is 5.82. The fourth-order valence-electron chi connectivity index (χ4n) is 3.29. The van der Waals surface area contributed by atoms with Gasteiger partial charge in [0, 0.05) is 5.41 Å². The molecule has 1 heteroatoms. The fourth-order valence-corrected chi connectivity index (χ4v) is 3.29. The minimum Gasteiger partial charge on any atom is -0.371 e. The summed E-state index contributed by atoms with van der Waals surface area (Å²) in [6, 6.07) is 0. The topological polar surface area (TPSA) is 9.23 Å². The lowest BCUT2D eigenvalue weighted by Crippen LogP contribution is -2.65. The molecule has 0 bridgehead atoms. The van der Waals surface area contributed by atoms with Crippen molar-refractivity contribution < 1.29 is 4.74 Å². The molecular formula is C11H20O. The molecule has 0 aromatic carbocycles. The highest BCUT2D eigenvalue weighted by Gasteiger charge is 2.59. The maximum Gasteiger partial charge on any atom is 0.0711 e. The molecule has 2 rings (SSSR count). The number of ether oxygens (including phenoxy) is 1. The summed E-state index contributed by atoms with van der Waals surface area (Å²) in [4.78, 5) is 0. The zero-order valence-corrected chi connectivity index (χ0v) is 8.52. The van der Waals surface area contributed by atoms with Crippen LogP contribution in [0.4, 0.5) is 0 Å². The van der Waals surface area contributed by atoms with E-state index in [1.165, 1.54) is 32.1 Å². The van der Waals surface area contributed by atoms with E-state index in [9.17, 15) is 0 Å². The second-order valence-corrected chi connectivity index (χ2v) is 4.99. The third-order valence-electron chi connectivity index (χ3n) is 4.19. The molecule has 1 heterocycles. The molecule has 2 fully saturated rings. The van der Waals surface area contributed by atoms with Crippen LogP contribution in [0.5, 0.6) is 0 Å². The van der Waals surface area contributed by atoms with Gasteiger partial charge in [-0.25, -0.2) is 0 Å². The first-order valence-electron chi connectivity index (χ1n) is 5.26. The average Bonchev–Trinajstić information content (AvgIpc) is 2.05. The molecule has 1 spiro atoms. The van der Waals surface area contributed by atoms with Crippen LogP contribution >= 0.6 is 0 Å². The molecule has 1 aliphatic carbocycles. The standard InChI is InChI=1S/C11H20O/c1-9-11(10(2,3)12-9)7-5-4-6-8-11/h9H,4-8H2,1-3H3. The van der Waals surface area contributed by atoms with Crippen LogP contribution in [0.1, 0.15) is 52.9 Å². The predicted octanol–water partition coefficient (Wildman–Crippen LogP) is 3.13. The lowest BCUT2D eigenvalue weighted by Gasteiger charge is -2.62. The summed E-state index contributed by atoms with van der Waals surface area (Å²) in [5, 5.41) is 0. The Bertz CT molecular complexity index is 177. The highest BCUT2D eigenvalue weighted by atomic mass is 16.5. The van der Waals surface area contributed by atoms with Crippen molar-refractivity contribution in [2.75, 3.05) is 0 Å². The predicted molar refractivity (Wildman–Crippen MR) is 50.1 cm³/mol. The molecule has 1 atom stereocenters. The van der Waals surface area contributed by atoms with Crippen LogP contribution in [0, 0.1) is 5.41 Å². The van der Waals surface area contributed by atoms with Gasteiger partial charge in [0.15, 0.2) is 0 Å². The minimum absolute atomic E-state index is 0.160. The Morgan fingerprint density at radius 3 is 2.00 bits per heavy atom. The minimum atomic E-state index is 0.160. The van der Waals surface area contributed by atoms with E-state index in [2.05, 4.69) is 20.8 Å². The summed E-state index contributed by atoms with van der Waals surface area (Å²) in [7, 11) is 0. The number of hydrogen-bond donors (Lipinski definition) is 0. The molecule has 12 heavy (non-hydrogen) atoms. The Morgan fingerprint density at radius 1 is 1.08 bits per heavy atom. The first-order chi connectivity index (χ1) is 5.58.